The molecule has 5 nitrogen and oxygen atoms in total. The Labute approximate surface area is 82.6 Å². The smallest absolute Gasteiger partial charge is 0.225 e. The van der Waals surface area contributed by atoms with Gasteiger partial charge in [-0.2, -0.15) is 0 Å². The summed E-state index contributed by atoms with van der Waals surface area (Å²) in [6.07, 6.45) is 4.76. The molecule has 0 aromatic carbocycles. The van der Waals surface area contributed by atoms with Crippen molar-refractivity contribution < 1.29 is 5.11 Å². The van der Waals surface area contributed by atoms with E-state index in [2.05, 4.69) is 9.97 Å². The number of anilines is 2. The van der Waals surface area contributed by atoms with Crippen molar-refractivity contribution in [1.82, 2.24) is 9.97 Å². The van der Waals surface area contributed by atoms with E-state index in [9.17, 15) is 5.11 Å². The molecule has 3 N–H and O–H groups in total. The number of aliphatic hydroxyl groups is 1. The van der Waals surface area contributed by atoms with E-state index in [0.29, 0.717) is 18.2 Å². The van der Waals surface area contributed by atoms with Gasteiger partial charge >= 0.3 is 0 Å². The number of nitrogens with two attached hydrogens (primary N) is 1. The second kappa shape index (κ2) is 3.79. The molecule has 2 heterocycles. The summed E-state index contributed by atoms with van der Waals surface area (Å²) in [4.78, 5) is 10.2. The van der Waals surface area contributed by atoms with Crippen molar-refractivity contribution in [1.29, 1.82) is 0 Å². The molecule has 1 atom stereocenters. The summed E-state index contributed by atoms with van der Waals surface area (Å²) >= 11 is 0. The van der Waals surface area contributed by atoms with Crippen LogP contribution in [0.1, 0.15) is 12.8 Å². The number of aliphatic hydroxyl groups excluding tert-OH is 1. The molecule has 1 aliphatic heterocycles. The third-order valence-electron chi connectivity index (χ3n) is 2.34. The minimum absolute atomic E-state index is 0.259. The molecule has 5 heteroatoms. The number of hydrogen-bond donors (Lipinski definition) is 2. The molecule has 1 unspecified atom stereocenters. The molecule has 0 amide bonds. The van der Waals surface area contributed by atoms with E-state index >= 15 is 0 Å². The highest BCUT2D eigenvalue weighted by molar-refractivity contribution is 5.38. The van der Waals surface area contributed by atoms with Crippen LogP contribution in [0.2, 0.25) is 0 Å². The molecule has 1 aromatic rings. The summed E-state index contributed by atoms with van der Waals surface area (Å²) in [5, 5.41) is 9.47. The lowest BCUT2D eigenvalue weighted by atomic mass is 10.1. The summed E-state index contributed by atoms with van der Waals surface area (Å²) < 4.78 is 0. The minimum atomic E-state index is -0.259. The molecule has 1 saturated heterocycles. The first-order chi connectivity index (χ1) is 6.75. The first kappa shape index (κ1) is 9.21. The molecule has 0 radical (unpaired) electrons. The molecule has 0 bridgehead atoms. The van der Waals surface area contributed by atoms with E-state index in [1.165, 1.54) is 0 Å². The molecular formula is C9H14N4O. The summed E-state index contributed by atoms with van der Waals surface area (Å²) in [5.74, 6) is 0.651. The monoisotopic (exact) mass is 194 g/mol. The van der Waals surface area contributed by atoms with Crippen LogP contribution in [0, 0.1) is 0 Å². The maximum atomic E-state index is 9.47. The number of β-amino-alcohol motifs (C(OH)–C–C–N with tert-alkyl or cyclic N) is 1. The van der Waals surface area contributed by atoms with E-state index in [0.717, 1.165) is 19.4 Å². The van der Waals surface area contributed by atoms with Crippen molar-refractivity contribution in [3.05, 3.63) is 12.4 Å². The van der Waals surface area contributed by atoms with Crippen molar-refractivity contribution in [3.8, 4) is 0 Å². The van der Waals surface area contributed by atoms with Gasteiger partial charge in [0.1, 0.15) is 0 Å². The Morgan fingerprint density at radius 1 is 1.43 bits per heavy atom. The van der Waals surface area contributed by atoms with Gasteiger partial charge in [0, 0.05) is 13.1 Å². The Hall–Kier alpha value is -1.36. The van der Waals surface area contributed by atoms with Crippen LogP contribution in [0.3, 0.4) is 0 Å². The van der Waals surface area contributed by atoms with Crippen LogP contribution in [0.25, 0.3) is 0 Å². The Kier molecular flexibility index (Phi) is 2.49. The maximum Gasteiger partial charge on any atom is 0.225 e. The average molecular weight is 194 g/mol. The van der Waals surface area contributed by atoms with Crippen LogP contribution in [0.15, 0.2) is 12.4 Å². The van der Waals surface area contributed by atoms with Crippen molar-refractivity contribution in [3.63, 3.8) is 0 Å². The molecule has 76 valence electrons. The second-order valence-electron chi connectivity index (χ2n) is 3.56. The Balaban J connectivity index is 2.10. The van der Waals surface area contributed by atoms with Crippen molar-refractivity contribution >= 4 is 11.6 Å². The highest BCUT2D eigenvalue weighted by atomic mass is 16.3. The van der Waals surface area contributed by atoms with Crippen LogP contribution < -0.4 is 10.6 Å². The molecule has 0 spiro atoms. The topological polar surface area (TPSA) is 75.3 Å². The average Bonchev–Trinajstić information content (AvgIpc) is 2.19. The highest BCUT2D eigenvalue weighted by Crippen LogP contribution is 2.15. The summed E-state index contributed by atoms with van der Waals surface area (Å²) in [6, 6.07) is 0. The van der Waals surface area contributed by atoms with Gasteiger partial charge in [-0.15, -0.1) is 0 Å². The van der Waals surface area contributed by atoms with E-state index < -0.39 is 0 Å². The lowest BCUT2D eigenvalue weighted by Gasteiger charge is -2.29. The van der Waals surface area contributed by atoms with Crippen LogP contribution >= 0.6 is 0 Å². The van der Waals surface area contributed by atoms with Gasteiger partial charge in [0.15, 0.2) is 0 Å². The van der Waals surface area contributed by atoms with Gasteiger partial charge in [0.25, 0.3) is 0 Å². The van der Waals surface area contributed by atoms with E-state index in [-0.39, 0.29) is 6.10 Å². The highest BCUT2D eigenvalue weighted by Gasteiger charge is 2.19. The largest absolute Gasteiger partial charge is 0.396 e. The second-order valence-corrected chi connectivity index (χ2v) is 3.56. The number of aromatic nitrogens is 2. The number of nitrogen functional groups attached to an aromatic ring is 1. The first-order valence-electron chi connectivity index (χ1n) is 4.76. The first-order valence-corrected chi connectivity index (χ1v) is 4.76. The molecule has 0 aliphatic carbocycles. The van der Waals surface area contributed by atoms with Crippen LogP contribution in [-0.2, 0) is 0 Å². The standard InChI is InChI=1S/C9H14N4O/c10-7-4-11-9(12-5-7)13-3-1-2-8(14)6-13/h4-5,8,14H,1-3,6,10H2. The zero-order valence-electron chi connectivity index (χ0n) is 7.93. The van der Waals surface area contributed by atoms with Gasteiger partial charge in [0.05, 0.1) is 24.2 Å². The predicted octanol–water partition coefficient (Wildman–Crippen LogP) is 0.0199. The predicted molar refractivity (Wildman–Crippen MR) is 53.9 cm³/mol. The third-order valence-corrected chi connectivity index (χ3v) is 2.34. The SMILES string of the molecule is Nc1cnc(N2CCCC(O)C2)nc1. The van der Waals surface area contributed by atoms with Crippen LogP contribution in [0.5, 0.6) is 0 Å². The molecule has 1 fully saturated rings. The van der Waals surface area contributed by atoms with Gasteiger partial charge in [-0.05, 0) is 12.8 Å². The lowest BCUT2D eigenvalue weighted by molar-refractivity contribution is 0.153. The van der Waals surface area contributed by atoms with Crippen molar-refractivity contribution in [2.75, 3.05) is 23.7 Å². The quantitative estimate of drug-likeness (QED) is 0.659. The Bertz CT molecular complexity index is 300. The Morgan fingerprint density at radius 2 is 2.14 bits per heavy atom. The maximum absolute atomic E-state index is 9.47. The molecule has 2 rings (SSSR count). The van der Waals surface area contributed by atoms with Gasteiger partial charge < -0.3 is 15.7 Å². The lowest BCUT2D eigenvalue weighted by Crippen LogP contribution is -2.39. The minimum Gasteiger partial charge on any atom is -0.396 e. The molecule has 14 heavy (non-hydrogen) atoms. The number of nitrogens with zero attached hydrogens (tertiary/aromatic N) is 3. The van der Waals surface area contributed by atoms with E-state index in [4.69, 9.17) is 5.73 Å². The van der Waals surface area contributed by atoms with E-state index in [1.54, 1.807) is 12.4 Å². The Morgan fingerprint density at radius 3 is 2.79 bits per heavy atom. The molecule has 1 aromatic heterocycles. The molecule has 1 aliphatic rings. The van der Waals surface area contributed by atoms with Crippen molar-refractivity contribution in [2.24, 2.45) is 0 Å². The fourth-order valence-electron chi connectivity index (χ4n) is 1.63. The van der Waals surface area contributed by atoms with Gasteiger partial charge in [-0.1, -0.05) is 0 Å². The van der Waals surface area contributed by atoms with Gasteiger partial charge in [0.2, 0.25) is 5.95 Å². The fourth-order valence-corrected chi connectivity index (χ4v) is 1.63. The van der Waals surface area contributed by atoms with Crippen LogP contribution in [0.4, 0.5) is 11.6 Å². The third kappa shape index (κ3) is 1.93. The van der Waals surface area contributed by atoms with E-state index in [1.807, 2.05) is 4.90 Å². The fraction of sp³-hybridized carbons (Fsp3) is 0.556. The molecule has 0 saturated carbocycles. The summed E-state index contributed by atoms with van der Waals surface area (Å²) in [6.45, 7) is 1.52. The van der Waals surface area contributed by atoms with Crippen molar-refractivity contribution in [2.45, 2.75) is 18.9 Å². The molecular weight excluding hydrogens is 180 g/mol. The zero-order chi connectivity index (χ0) is 9.97. The van der Waals surface area contributed by atoms with Crippen LogP contribution in [-0.4, -0.2) is 34.3 Å². The number of piperidine rings is 1. The zero-order valence-corrected chi connectivity index (χ0v) is 7.93. The summed E-state index contributed by atoms with van der Waals surface area (Å²) in [7, 11) is 0. The number of rotatable bonds is 1. The number of hydrogen-bond acceptors (Lipinski definition) is 5. The van der Waals surface area contributed by atoms with Gasteiger partial charge in [-0.25, -0.2) is 9.97 Å². The normalized spacial score (nSPS) is 22.4. The summed E-state index contributed by atoms with van der Waals surface area (Å²) in [5.41, 5.74) is 6.05. The van der Waals surface area contributed by atoms with Gasteiger partial charge in [-0.3, -0.25) is 0 Å².